The second-order valence-electron chi connectivity index (χ2n) is 4.91. The highest BCUT2D eigenvalue weighted by Crippen LogP contribution is 2.24. The number of rotatable bonds is 6. The maximum atomic E-state index is 5.90. The van der Waals surface area contributed by atoms with Gasteiger partial charge in [0.25, 0.3) is 0 Å². The van der Waals surface area contributed by atoms with Crippen molar-refractivity contribution in [2.75, 3.05) is 18.5 Å². The number of nitrogens with two attached hydrogens (primary N) is 1. The molecule has 1 aromatic heterocycles. The maximum absolute atomic E-state index is 5.90. The molecule has 0 saturated heterocycles. The van der Waals surface area contributed by atoms with Gasteiger partial charge in [-0.25, -0.2) is 0 Å². The van der Waals surface area contributed by atoms with Crippen LogP contribution in [0.2, 0.25) is 0 Å². The molecule has 100 valence electrons. The first kappa shape index (κ1) is 13.1. The summed E-state index contributed by atoms with van der Waals surface area (Å²) < 4.78 is 5.45. The fourth-order valence-electron chi connectivity index (χ4n) is 2.26. The molecule has 0 spiro atoms. The van der Waals surface area contributed by atoms with E-state index in [1.807, 2.05) is 0 Å². The zero-order valence-electron chi connectivity index (χ0n) is 10.9. The first-order valence-electron chi connectivity index (χ1n) is 6.72. The summed E-state index contributed by atoms with van der Waals surface area (Å²) in [6, 6.07) is 0.377. The minimum atomic E-state index is 0.377. The van der Waals surface area contributed by atoms with E-state index < -0.39 is 0 Å². The second-order valence-corrected chi connectivity index (χ2v) is 4.91. The van der Waals surface area contributed by atoms with Gasteiger partial charge in [0, 0.05) is 12.6 Å². The van der Waals surface area contributed by atoms with Crippen LogP contribution in [0.15, 0.2) is 12.4 Å². The first-order valence-corrected chi connectivity index (χ1v) is 6.72. The summed E-state index contributed by atoms with van der Waals surface area (Å²) in [6.45, 7) is 3.66. The van der Waals surface area contributed by atoms with E-state index in [4.69, 9.17) is 10.5 Å². The van der Waals surface area contributed by atoms with Gasteiger partial charge in [0.05, 0.1) is 19.0 Å². The number of hydrogen-bond acceptors (Lipinski definition) is 5. The van der Waals surface area contributed by atoms with E-state index in [-0.39, 0.29) is 0 Å². The molecule has 2 rings (SSSR count). The number of ether oxygens (including phenoxy) is 1. The van der Waals surface area contributed by atoms with Gasteiger partial charge in [-0.1, -0.05) is 6.92 Å². The Morgan fingerprint density at radius 3 is 3.06 bits per heavy atom. The number of nitrogens with one attached hydrogen (secondary N) is 1. The van der Waals surface area contributed by atoms with Crippen molar-refractivity contribution in [1.82, 2.24) is 9.97 Å². The number of aromatic nitrogens is 2. The first-order chi connectivity index (χ1) is 8.78. The lowest BCUT2D eigenvalue weighted by Gasteiger charge is -2.12. The quantitative estimate of drug-likeness (QED) is 0.805. The third-order valence-corrected chi connectivity index (χ3v) is 3.22. The Morgan fingerprint density at radius 1 is 1.44 bits per heavy atom. The van der Waals surface area contributed by atoms with Crippen LogP contribution in [0.1, 0.15) is 32.6 Å². The van der Waals surface area contributed by atoms with Gasteiger partial charge < -0.3 is 15.8 Å². The van der Waals surface area contributed by atoms with Gasteiger partial charge in [0.15, 0.2) is 0 Å². The smallest absolute Gasteiger partial charge is 0.234 e. The van der Waals surface area contributed by atoms with Gasteiger partial charge >= 0.3 is 0 Å². The van der Waals surface area contributed by atoms with Crippen molar-refractivity contribution >= 4 is 5.82 Å². The van der Waals surface area contributed by atoms with Gasteiger partial charge in [-0.3, -0.25) is 4.98 Å². The van der Waals surface area contributed by atoms with Crippen molar-refractivity contribution in [3.63, 3.8) is 0 Å². The Labute approximate surface area is 108 Å². The summed E-state index contributed by atoms with van der Waals surface area (Å²) >= 11 is 0. The second kappa shape index (κ2) is 6.54. The third-order valence-electron chi connectivity index (χ3n) is 3.22. The van der Waals surface area contributed by atoms with Crippen molar-refractivity contribution in [2.45, 2.75) is 38.6 Å². The Morgan fingerprint density at radius 2 is 2.33 bits per heavy atom. The van der Waals surface area contributed by atoms with Crippen LogP contribution in [0, 0.1) is 5.92 Å². The van der Waals surface area contributed by atoms with E-state index in [9.17, 15) is 0 Å². The van der Waals surface area contributed by atoms with Gasteiger partial charge in [-0.15, -0.1) is 0 Å². The predicted octanol–water partition coefficient (Wildman–Crippen LogP) is 1.80. The lowest BCUT2D eigenvalue weighted by Crippen LogP contribution is -2.18. The monoisotopic (exact) mass is 250 g/mol. The number of nitrogens with zero attached hydrogens (tertiary/aromatic N) is 2. The molecule has 3 N–H and O–H groups in total. The average molecular weight is 250 g/mol. The van der Waals surface area contributed by atoms with Gasteiger partial charge in [-0.05, 0) is 31.6 Å². The van der Waals surface area contributed by atoms with Crippen LogP contribution in [0.5, 0.6) is 5.88 Å². The van der Waals surface area contributed by atoms with E-state index in [2.05, 4.69) is 22.2 Å². The fourth-order valence-corrected chi connectivity index (χ4v) is 2.26. The lowest BCUT2D eigenvalue weighted by molar-refractivity contribution is 0.304. The van der Waals surface area contributed by atoms with Crippen molar-refractivity contribution in [1.29, 1.82) is 0 Å². The Hall–Kier alpha value is -1.36. The summed E-state index contributed by atoms with van der Waals surface area (Å²) in [5.74, 6) is 2.02. The minimum Gasteiger partial charge on any atom is -0.477 e. The van der Waals surface area contributed by atoms with Crippen molar-refractivity contribution < 1.29 is 4.74 Å². The van der Waals surface area contributed by atoms with Gasteiger partial charge in [-0.2, -0.15) is 4.98 Å². The molecule has 0 amide bonds. The molecule has 2 atom stereocenters. The standard InChI is InChI=1S/C13H22N4O/c1-2-5-18-13-9-15-8-12(17-13)16-7-10-3-4-11(14)6-10/h8-11H,2-7,14H2,1H3,(H,16,17). The van der Waals surface area contributed by atoms with Crippen molar-refractivity contribution in [3.05, 3.63) is 12.4 Å². The van der Waals surface area contributed by atoms with Gasteiger partial charge in [0.1, 0.15) is 5.82 Å². The van der Waals surface area contributed by atoms with Crippen LogP contribution >= 0.6 is 0 Å². The summed E-state index contributed by atoms with van der Waals surface area (Å²) in [5.41, 5.74) is 5.90. The molecule has 5 heteroatoms. The molecular formula is C13H22N4O. The normalized spacial score (nSPS) is 23.0. The molecule has 1 heterocycles. The molecule has 1 saturated carbocycles. The highest BCUT2D eigenvalue weighted by Gasteiger charge is 2.21. The van der Waals surface area contributed by atoms with E-state index in [0.29, 0.717) is 24.4 Å². The summed E-state index contributed by atoms with van der Waals surface area (Å²) in [7, 11) is 0. The Balaban J connectivity index is 1.81. The molecule has 18 heavy (non-hydrogen) atoms. The Kier molecular flexibility index (Phi) is 4.75. The van der Waals surface area contributed by atoms with Crippen LogP contribution in [0.25, 0.3) is 0 Å². The molecule has 1 aliphatic rings. The third kappa shape index (κ3) is 3.84. The fraction of sp³-hybridized carbons (Fsp3) is 0.692. The van der Waals surface area contributed by atoms with E-state index in [1.165, 1.54) is 6.42 Å². The number of anilines is 1. The summed E-state index contributed by atoms with van der Waals surface area (Å²) in [4.78, 5) is 8.49. The van der Waals surface area contributed by atoms with Crippen LogP contribution in [-0.4, -0.2) is 29.2 Å². The zero-order chi connectivity index (χ0) is 12.8. The molecule has 2 unspecified atom stereocenters. The molecule has 0 aliphatic heterocycles. The van der Waals surface area contributed by atoms with E-state index in [0.717, 1.165) is 31.6 Å². The topological polar surface area (TPSA) is 73.1 Å². The van der Waals surface area contributed by atoms with Crippen LogP contribution < -0.4 is 15.8 Å². The molecule has 5 nitrogen and oxygen atoms in total. The zero-order valence-corrected chi connectivity index (χ0v) is 10.9. The minimum absolute atomic E-state index is 0.377. The SMILES string of the molecule is CCCOc1cncc(NCC2CCC(N)C2)n1. The molecule has 1 aromatic rings. The van der Waals surface area contributed by atoms with Crippen LogP contribution in [-0.2, 0) is 0 Å². The van der Waals surface area contributed by atoms with Crippen LogP contribution in [0.4, 0.5) is 5.82 Å². The molecule has 0 radical (unpaired) electrons. The van der Waals surface area contributed by atoms with E-state index >= 15 is 0 Å². The molecular weight excluding hydrogens is 228 g/mol. The van der Waals surface area contributed by atoms with Crippen molar-refractivity contribution in [3.8, 4) is 5.88 Å². The summed E-state index contributed by atoms with van der Waals surface area (Å²) in [6.07, 6.45) is 7.79. The maximum Gasteiger partial charge on any atom is 0.234 e. The highest BCUT2D eigenvalue weighted by atomic mass is 16.5. The molecule has 1 aliphatic carbocycles. The molecule has 0 aromatic carbocycles. The number of hydrogen-bond donors (Lipinski definition) is 2. The lowest BCUT2D eigenvalue weighted by atomic mass is 10.1. The van der Waals surface area contributed by atoms with Gasteiger partial charge in [0.2, 0.25) is 5.88 Å². The highest BCUT2D eigenvalue weighted by molar-refractivity contribution is 5.33. The average Bonchev–Trinajstić information content (AvgIpc) is 2.80. The molecule has 0 bridgehead atoms. The largest absolute Gasteiger partial charge is 0.477 e. The summed E-state index contributed by atoms with van der Waals surface area (Å²) in [5, 5.41) is 3.31. The Bertz CT molecular complexity index is 372. The molecule has 1 fully saturated rings. The van der Waals surface area contributed by atoms with Crippen molar-refractivity contribution in [2.24, 2.45) is 11.7 Å². The van der Waals surface area contributed by atoms with E-state index in [1.54, 1.807) is 12.4 Å². The predicted molar refractivity (Wildman–Crippen MR) is 71.6 cm³/mol. The van der Waals surface area contributed by atoms with Crippen LogP contribution in [0.3, 0.4) is 0 Å².